The van der Waals surface area contributed by atoms with Gasteiger partial charge in [0.2, 0.25) is 0 Å². The van der Waals surface area contributed by atoms with Crippen molar-refractivity contribution in [1.29, 1.82) is 0 Å². The Kier molecular flexibility index (Phi) is 3.33. The molecule has 1 aliphatic carbocycles. The van der Waals surface area contributed by atoms with Crippen LogP contribution in [0.5, 0.6) is 0 Å². The molecule has 0 heterocycles. The van der Waals surface area contributed by atoms with E-state index < -0.39 is 0 Å². The molecule has 84 valence electrons. The van der Waals surface area contributed by atoms with E-state index in [1.165, 1.54) is 25.7 Å². The second kappa shape index (κ2) is 3.87. The average molecular weight is 196 g/mol. The maximum Gasteiger partial charge on any atom is -0.0277 e. The standard InChI is InChI=1S/C14H28/c1-11-7-9-12(10-8-11)14(5,6)13(2,3)4/h11-12H,7-10H2,1-6H3. The summed E-state index contributed by atoms with van der Waals surface area (Å²) in [5.41, 5.74) is 0.936. The summed E-state index contributed by atoms with van der Waals surface area (Å²) in [6.45, 7) is 14.5. The van der Waals surface area contributed by atoms with Gasteiger partial charge in [0.1, 0.15) is 0 Å². The van der Waals surface area contributed by atoms with Gasteiger partial charge in [-0.2, -0.15) is 0 Å². The van der Waals surface area contributed by atoms with Gasteiger partial charge >= 0.3 is 0 Å². The van der Waals surface area contributed by atoms with E-state index in [1.807, 2.05) is 0 Å². The summed E-state index contributed by atoms with van der Waals surface area (Å²) in [7, 11) is 0. The molecule has 0 spiro atoms. The van der Waals surface area contributed by atoms with Crippen LogP contribution in [0.4, 0.5) is 0 Å². The highest BCUT2D eigenvalue weighted by molar-refractivity contribution is 4.90. The second-order valence-corrected chi connectivity index (χ2v) is 6.93. The summed E-state index contributed by atoms with van der Waals surface area (Å²) >= 11 is 0. The first-order chi connectivity index (χ1) is 6.25. The molecule has 0 atom stereocenters. The maximum absolute atomic E-state index is 2.47. The quantitative estimate of drug-likeness (QED) is 0.560. The fourth-order valence-electron chi connectivity index (χ4n) is 2.59. The summed E-state index contributed by atoms with van der Waals surface area (Å²) in [5.74, 6) is 1.92. The topological polar surface area (TPSA) is 0 Å². The molecular weight excluding hydrogens is 168 g/mol. The third-order valence-electron chi connectivity index (χ3n) is 4.97. The molecular formula is C14H28. The first kappa shape index (κ1) is 12.1. The Labute approximate surface area is 90.5 Å². The monoisotopic (exact) mass is 196 g/mol. The lowest BCUT2D eigenvalue weighted by Crippen LogP contribution is -2.38. The largest absolute Gasteiger partial charge is 0.0625 e. The minimum absolute atomic E-state index is 0.443. The van der Waals surface area contributed by atoms with Gasteiger partial charge in [0.25, 0.3) is 0 Å². The van der Waals surface area contributed by atoms with Gasteiger partial charge in [0.05, 0.1) is 0 Å². The molecule has 0 bridgehead atoms. The molecule has 0 amide bonds. The average Bonchev–Trinajstić information content (AvgIpc) is 2.03. The Bertz CT molecular complexity index is 175. The molecule has 0 aromatic rings. The van der Waals surface area contributed by atoms with Gasteiger partial charge in [-0.3, -0.25) is 0 Å². The first-order valence-corrected chi connectivity index (χ1v) is 6.25. The summed E-state index contributed by atoms with van der Waals surface area (Å²) in [4.78, 5) is 0. The van der Waals surface area contributed by atoms with Gasteiger partial charge in [-0.1, -0.05) is 54.4 Å². The Balaban J connectivity index is 2.65. The van der Waals surface area contributed by atoms with Crippen LogP contribution < -0.4 is 0 Å². The molecule has 0 saturated heterocycles. The highest BCUT2D eigenvalue weighted by Gasteiger charge is 2.40. The molecule has 14 heavy (non-hydrogen) atoms. The van der Waals surface area contributed by atoms with Crippen molar-refractivity contribution in [1.82, 2.24) is 0 Å². The second-order valence-electron chi connectivity index (χ2n) is 6.93. The fourth-order valence-corrected chi connectivity index (χ4v) is 2.59. The highest BCUT2D eigenvalue weighted by atomic mass is 14.5. The van der Waals surface area contributed by atoms with Crippen molar-refractivity contribution in [2.45, 2.75) is 67.2 Å². The SMILES string of the molecule is CC1CCC(C(C)(C)C(C)(C)C)CC1. The Morgan fingerprint density at radius 1 is 0.786 bits per heavy atom. The molecule has 1 fully saturated rings. The van der Waals surface area contributed by atoms with Gasteiger partial charge < -0.3 is 0 Å². The zero-order valence-corrected chi connectivity index (χ0v) is 11.0. The fraction of sp³-hybridized carbons (Fsp3) is 1.00. The van der Waals surface area contributed by atoms with Crippen molar-refractivity contribution in [3.05, 3.63) is 0 Å². The molecule has 1 aliphatic rings. The van der Waals surface area contributed by atoms with Gasteiger partial charge in [-0.15, -0.1) is 0 Å². The van der Waals surface area contributed by atoms with E-state index in [2.05, 4.69) is 41.5 Å². The predicted molar refractivity (Wildman–Crippen MR) is 64.4 cm³/mol. The van der Waals surface area contributed by atoms with Crippen LogP contribution >= 0.6 is 0 Å². The zero-order chi connectivity index (χ0) is 11.0. The van der Waals surface area contributed by atoms with Gasteiger partial charge in [-0.05, 0) is 35.5 Å². The van der Waals surface area contributed by atoms with Crippen molar-refractivity contribution >= 4 is 0 Å². The zero-order valence-electron chi connectivity index (χ0n) is 11.0. The van der Waals surface area contributed by atoms with Crippen LogP contribution in [0.25, 0.3) is 0 Å². The minimum atomic E-state index is 0.443. The van der Waals surface area contributed by atoms with Crippen LogP contribution in [0.15, 0.2) is 0 Å². The molecule has 0 N–H and O–H groups in total. The molecule has 1 saturated carbocycles. The normalized spacial score (nSPS) is 30.4. The van der Waals surface area contributed by atoms with Crippen molar-refractivity contribution in [3.8, 4) is 0 Å². The molecule has 0 unspecified atom stereocenters. The smallest absolute Gasteiger partial charge is 0.0277 e. The van der Waals surface area contributed by atoms with Crippen molar-refractivity contribution in [2.24, 2.45) is 22.7 Å². The van der Waals surface area contributed by atoms with Crippen LogP contribution in [0.1, 0.15) is 67.2 Å². The lowest BCUT2D eigenvalue weighted by atomic mass is 9.58. The van der Waals surface area contributed by atoms with E-state index >= 15 is 0 Å². The molecule has 0 radical (unpaired) electrons. The minimum Gasteiger partial charge on any atom is -0.0625 e. The summed E-state index contributed by atoms with van der Waals surface area (Å²) in [6.07, 6.45) is 5.80. The van der Waals surface area contributed by atoms with E-state index in [0.717, 1.165) is 11.8 Å². The summed E-state index contributed by atoms with van der Waals surface area (Å²) < 4.78 is 0. The van der Waals surface area contributed by atoms with E-state index in [1.54, 1.807) is 0 Å². The third-order valence-corrected chi connectivity index (χ3v) is 4.97. The van der Waals surface area contributed by atoms with Crippen molar-refractivity contribution in [3.63, 3.8) is 0 Å². The van der Waals surface area contributed by atoms with E-state index in [0.29, 0.717) is 10.8 Å². The molecule has 0 aromatic heterocycles. The predicted octanol–water partition coefficient (Wildman–Crippen LogP) is 4.89. The maximum atomic E-state index is 2.47. The lowest BCUT2D eigenvalue weighted by Gasteiger charge is -2.47. The summed E-state index contributed by atoms with van der Waals surface area (Å²) in [5, 5.41) is 0. The Morgan fingerprint density at radius 3 is 1.57 bits per heavy atom. The van der Waals surface area contributed by atoms with Crippen LogP contribution in [-0.4, -0.2) is 0 Å². The van der Waals surface area contributed by atoms with Crippen molar-refractivity contribution in [2.75, 3.05) is 0 Å². The number of hydrogen-bond donors (Lipinski definition) is 0. The Hall–Kier alpha value is 0. The Morgan fingerprint density at radius 2 is 1.21 bits per heavy atom. The molecule has 1 rings (SSSR count). The lowest BCUT2D eigenvalue weighted by molar-refractivity contribution is 0.0252. The molecule has 0 aliphatic heterocycles. The first-order valence-electron chi connectivity index (χ1n) is 6.25. The summed E-state index contributed by atoms with van der Waals surface area (Å²) in [6, 6.07) is 0. The molecule has 0 aromatic carbocycles. The van der Waals surface area contributed by atoms with Crippen LogP contribution in [-0.2, 0) is 0 Å². The van der Waals surface area contributed by atoms with Gasteiger partial charge in [0.15, 0.2) is 0 Å². The van der Waals surface area contributed by atoms with E-state index in [-0.39, 0.29) is 0 Å². The molecule has 0 nitrogen and oxygen atoms in total. The van der Waals surface area contributed by atoms with E-state index in [9.17, 15) is 0 Å². The number of rotatable bonds is 1. The highest BCUT2D eigenvalue weighted by Crippen LogP contribution is 2.49. The van der Waals surface area contributed by atoms with Crippen LogP contribution in [0, 0.1) is 22.7 Å². The van der Waals surface area contributed by atoms with Crippen LogP contribution in [0.3, 0.4) is 0 Å². The molecule has 0 heteroatoms. The van der Waals surface area contributed by atoms with Crippen LogP contribution in [0.2, 0.25) is 0 Å². The van der Waals surface area contributed by atoms with Gasteiger partial charge in [0, 0.05) is 0 Å². The van der Waals surface area contributed by atoms with Gasteiger partial charge in [-0.25, -0.2) is 0 Å². The number of hydrogen-bond acceptors (Lipinski definition) is 0. The third kappa shape index (κ3) is 2.32. The van der Waals surface area contributed by atoms with Crippen molar-refractivity contribution < 1.29 is 0 Å². The van der Waals surface area contributed by atoms with E-state index in [4.69, 9.17) is 0 Å².